The Hall–Kier alpha value is -2.41. The molecule has 7 heteroatoms. The molecule has 0 spiro atoms. The van der Waals surface area contributed by atoms with Crippen LogP contribution in [0.1, 0.15) is 19.4 Å². The number of carbonyl (C=O) groups excluding carboxylic acids is 1. The van der Waals surface area contributed by atoms with Gasteiger partial charge < -0.3 is 10.1 Å². The molecule has 0 saturated carbocycles. The van der Waals surface area contributed by atoms with Crippen LogP contribution in [0.25, 0.3) is 6.08 Å². The van der Waals surface area contributed by atoms with E-state index < -0.39 is 0 Å². The number of carbonyl (C=O) groups is 1. The maximum absolute atomic E-state index is 10.9. The van der Waals surface area contributed by atoms with E-state index in [0.717, 1.165) is 5.56 Å². The van der Waals surface area contributed by atoms with Crippen molar-refractivity contribution >= 4 is 23.7 Å². The van der Waals surface area contributed by atoms with Crippen molar-refractivity contribution < 1.29 is 9.53 Å². The Labute approximate surface area is 139 Å². The Kier molecular flexibility index (Phi) is 6.10. The summed E-state index contributed by atoms with van der Waals surface area (Å²) in [6.45, 7) is 3.40. The Morgan fingerprint density at radius 1 is 1.26 bits per heavy atom. The zero-order valence-corrected chi connectivity index (χ0v) is 14.0. The molecule has 0 radical (unpaired) electrons. The van der Waals surface area contributed by atoms with Gasteiger partial charge in [0.2, 0.25) is 11.8 Å². The molecular weight excluding hydrogens is 312 g/mol. The zero-order chi connectivity index (χ0) is 16.7. The van der Waals surface area contributed by atoms with Crippen LogP contribution in [0, 0.1) is 0 Å². The monoisotopic (exact) mass is 330 g/mol. The van der Waals surface area contributed by atoms with Gasteiger partial charge in [-0.3, -0.25) is 4.79 Å². The van der Waals surface area contributed by atoms with Gasteiger partial charge in [-0.1, -0.05) is 23.9 Å². The standard InChI is InChI=1S/C16H18N4O2S/c1-11(20-12(2)21)4-5-13-6-7-15(17-8-13)22-14-9-18-16(23-3)19-10-14/h4-11H,1-3H3,(H,20,21)/b5-4+/t11-/m0/s1. The van der Waals surface area contributed by atoms with Gasteiger partial charge in [-0.25, -0.2) is 15.0 Å². The highest BCUT2D eigenvalue weighted by molar-refractivity contribution is 7.98. The van der Waals surface area contributed by atoms with Gasteiger partial charge in [0.05, 0.1) is 12.4 Å². The van der Waals surface area contributed by atoms with Crippen molar-refractivity contribution in [3.05, 3.63) is 42.4 Å². The maximum atomic E-state index is 10.9. The largest absolute Gasteiger partial charge is 0.436 e. The summed E-state index contributed by atoms with van der Waals surface area (Å²) in [4.78, 5) is 23.4. The molecule has 0 saturated heterocycles. The molecule has 0 fully saturated rings. The summed E-state index contributed by atoms with van der Waals surface area (Å²) in [7, 11) is 0. The molecule has 0 aliphatic heterocycles. The average molecular weight is 330 g/mol. The Bertz CT molecular complexity index is 671. The molecule has 120 valence electrons. The van der Waals surface area contributed by atoms with E-state index >= 15 is 0 Å². The van der Waals surface area contributed by atoms with E-state index in [1.54, 1.807) is 24.7 Å². The number of hydrogen-bond donors (Lipinski definition) is 1. The second-order valence-corrected chi connectivity index (χ2v) is 5.56. The van der Waals surface area contributed by atoms with Crippen LogP contribution in [-0.2, 0) is 4.79 Å². The summed E-state index contributed by atoms with van der Waals surface area (Å²) in [5, 5.41) is 3.47. The first-order valence-corrected chi connectivity index (χ1v) is 8.24. The van der Waals surface area contributed by atoms with Gasteiger partial charge in [0.25, 0.3) is 0 Å². The first-order valence-electron chi connectivity index (χ1n) is 7.02. The fourth-order valence-electron chi connectivity index (χ4n) is 1.76. The number of pyridine rings is 1. The summed E-state index contributed by atoms with van der Waals surface area (Å²) >= 11 is 1.47. The third-order valence-electron chi connectivity index (χ3n) is 2.78. The van der Waals surface area contributed by atoms with Crippen LogP contribution in [-0.4, -0.2) is 33.2 Å². The molecule has 1 amide bonds. The minimum absolute atomic E-state index is 0.0319. The lowest BCUT2D eigenvalue weighted by molar-refractivity contribution is -0.119. The predicted octanol–water partition coefficient (Wildman–Crippen LogP) is 2.92. The number of amides is 1. The zero-order valence-electron chi connectivity index (χ0n) is 13.2. The van der Waals surface area contributed by atoms with Crippen LogP contribution >= 0.6 is 11.8 Å². The molecule has 2 aromatic heterocycles. The Balaban J connectivity index is 1.95. The van der Waals surface area contributed by atoms with Gasteiger partial charge >= 0.3 is 0 Å². The topological polar surface area (TPSA) is 77.0 Å². The van der Waals surface area contributed by atoms with Gasteiger partial charge in [-0.2, -0.15) is 0 Å². The highest BCUT2D eigenvalue weighted by Crippen LogP contribution is 2.19. The van der Waals surface area contributed by atoms with Crippen LogP contribution in [0.15, 0.2) is 42.0 Å². The maximum Gasteiger partial charge on any atom is 0.219 e. The van der Waals surface area contributed by atoms with Crippen molar-refractivity contribution in [3.8, 4) is 11.6 Å². The molecule has 0 aliphatic carbocycles. The summed E-state index contributed by atoms with van der Waals surface area (Å²) in [5.74, 6) is 0.953. The molecule has 2 aromatic rings. The van der Waals surface area contributed by atoms with Crippen LogP contribution in [0.4, 0.5) is 0 Å². The number of ether oxygens (including phenoxy) is 1. The molecule has 2 rings (SSSR count). The first kappa shape index (κ1) is 17.0. The fraction of sp³-hybridized carbons (Fsp3) is 0.250. The predicted molar refractivity (Wildman–Crippen MR) is 90.4 cm³/mol. The van der Waals surface area contributed by atoms with E-state index in [9.17, 15) is 4.79 Å². The molecule has 1 atom stereocenters. The quantitative estimate of drug-likeness (QED) is 0.648. The number of rotatable bonds is 6. The second-order valence-electron chi connectivity index (χ2n) is 4.79. The molecule has 0 aromatic carbocycles. The van der Waals surface area contributed by atoms with E-state index in [2.05, 4.69) is 20.3 Å². The smallest absolute Gasteiger partial charge is 0.219 e. The highest BCUT2D eigenvalue weighted by Gasteiger charge is 2.01. The molecule has 0 bridgehead atoms. The van der Waals surface area contributed by atoms with E-state index in [0.29, 0.717) is 16.8 Å². The second kappa shape index (κ2) is 8.28. The lowest BCUT2D eigenvalue weighted by atomic mass is 10.2. The lowest BCUT2D eigenvalue weighted by Gasteiger charge is -2.06. The Morgan fingerprint density at radius 2 is 2.00 bits per heavy atom. The van der Waals surface area contributed by atoms with Gasteiger partial charge in [0.1, 0.15) is 0 Å². The van der Waals surface area contributed by atoms with Crippen LogP contribution < -0.4 is 10.1 Å². The number of hydrogen-bond acceptors (Lipinski definition) is 6. The van der Waals surface area contributed by atoms with Crippen molar-refractivity contribution in [1.82, 2.24) is 20.3 Å². The van der Waals surface area contributed by atoms with Gasteiger partial charge in [0.15, 0.2) is 10.9 Å². The minimum Gasteiger partial charge on any atom is -0.436 e. The summed E-state index contributed by atoms with van der Waals surface area (Å²) in [6.07, 6.45) is 10.6. The highest BCUT2D eigenvalue weighted by atomic mass is 32.2. The molecule has 1 N–H and O–H groups in total. The number of thioether (sulfide) groups is 1. The molecule has 0 unspecified atom stereocenters. The normalized spacial score (nSPS) is 12.1. The van der Waals surface area contributed by atoms with Gasteiger partial charge in [-0.15, -0.1) is 0 Å². The van der Waals surface area contributed by atoms with Crippen molar-refractivity contribution in [2.45, 2.75) is 25.0 Å². The third-order valence-corrected chi connectivity index (χ3v) is 3.35. The van der Waals surface area contributed by atoms with E-state index in [-0.39, 0.29) is 11.9 Å². The van der Waals surface area contributed by atoms with E-state index in [4.69, 9.17) is 4.74 Å². The SMILES string of the molecule is CSc1ncc(Oc2ccc(/C=C/[C@H](C)NC(C)=O)cn2)cn1. The number of nitrogens with one attached hydrogen (secondary N) is 1. The van der Waals surface area contributed by atoms with Crippen molar-refractivity contribution in [3.63, 3.8) is 0 Å². The molecule has 0 aliphatic rings. The summed E-state index contributed by atoms with van der Waals surface area (Å²) < 4.78 is 5.58. The average Bonchev–Trinajstić information content (AvgIpc) is 2.54. The van der Waals surface area contributed by atoms with Crippen LogP contribution in [0.3, 0.4) is 0 Å². The third kappa shape index (κ3) is 5.71. The number of aromatic nitrogens is 3. The molecular formula is C16H18N4O2S. The summed E-state index contributed by atoms with van der Waals surface area (Å²) in [5.41, 5.74) is 0.920. The van der Waals surface area contributed by atoms with Crippen molar-refractivity contribution in [2.24, 2.45) is 0 Å². The van der Waals surface area contributed by atoms with Gasteiger partial charge in [-0.05, 0) is 24.8 Å². The van der Waals surface area contributed by atoms with Crippen molar-refractivity contribution in [1.29, 1.82) is 0 Å². The first-order chi connectivity index (χ1) is 11.1. The Morgan fingerprint density at radius 3 is 2.57 bits per heavy atom. The summed E-state index contributed by atoms with van der Waals surface area (Å²) in [6, 6.07) is 3.62. The van der Waals surface area contributed by atoms with E-state index in [1.165, 1.54) is 18.7 Å². The molecule has 6 nitrogen and oxygen atoms in total. The van der Waals surface area contributed by atoms with Crippen molar-refractivity contribution in [2.75, 3.05) is 6.26 Å². The lowest BCUT2D eigenvalue weighted by Crippen LogP contribution is -2.28. The fourth-order valence-corrected chi connectivity index (χ4v) is 2.07. The minimum atomic E-state index is -0.0567. The molecule has 23 heavy (non-hydrogen) atoms. The van der Waals surface area contributed by atoms with Crippen LogP contribution in [0.5, 0.6) is 11.6 Å². The van der Waals surface area contributed by atoms with E-state index in [1.807, 2.05) is 31.4 Å². The van der Waals surface area contributed by atoms with Crippen LogP contribution in [0.2, 0.25) is 0 Å². The number of nitrogens with zero attached hydrogens (tertiary/aromatic N) is 3. The van der Waals surface area contributed by atoms with Gasteiger partial charge in [0, 0.05) is 25.2 Å². The molecule has 2 heterocycles.